The van der Waals surface area contributed by atoms with Gasteiger partial charge < -0.3 is 0 Å². The van der Waals surface area contributed by atoms with E-state index >= 15 is 0 Å². The molecule has 2 heteroatoms. The number of unbranched alkanes of at least 4 members (excludes halogenated alkanes) is 2. The van der Waals surface area contributed by atoms with Crippen LogP contribution in [0.4, 0.5) is 0 Å². The second-order valence-corrected chi connectivity index (χ2v) is 13.1. The van der Waals surface area contributed by atoms with Crippen molar-refractivity contribution in [3.63, 3.8) is 0 Å². The minimum atomic E-state index is 0.731. The molecule has 2 atom stereocenters. The van der Waals surface area contributed by atoms with Crippen LogP contribution in [0.15, 0.2) is 57.5 Å². The average molecular weight is 635 g/mol. The van der Waals surface area contributed by atoms with Gasteiger partial charge in [-0.25, -0.2) is 0 Å². The largest absolute Gasteiger partial charge is 0.0654 e. The number of hydrogen-bond donors (Lipinski definition) is 0. The Balaban J connectivity index is 1.87. The minimum absolute atomic E-state index is 0.731. The third kappa shape index (κ3) is 5.01. The molecule has 2 unspecified atom stereocenters. The van der Waals surface area contributed by atoms with Crippen molar-refractivity contribution in [3.8, 4) is 0 Å². The molecule has 0 spiro atoms. The molecule has 38 heavy (non-hydrogen) atoms. The van der Waals surface area contributed by atoms with Crippen molar-refractivity contribution in [1.29, 1.82) is 0 Å². The molecular weight excluding hydrogens is 592 g/mol. The molecular formula is C36H42Br2. The van der Waals surface area contributed by atoms with Gasteiger partial charge in [0.25, 0.3) is 0 Å². The Labute approximate surface area is 246 Å². The second kappa shape index (κ2) is 12.3. The molecule has 0 radical (unpaired) electrons. The molecule has 0 bridgehead atoms. The monoisotopic (exact) mass is 632 g/mol. The van der Waals surface area contributed by atoms with Crippen molar-refractivity contribution in [2.75, 3.05) is 0 Å². The van der Waals surface area contributed by atoms with Crippen LogP contribution in [0, 0.1) is 11.8 Å². The third-order valence-corrected chi connectivity index (χ3v) is 10.6. The first-order valence-electron chi connectivity index (χ1n) is 15.0. The molecule has 5 aromatic carbocycles. The van der Waals surface area contributed by atoms with Crippen LogP contribution in [-0.4, -0.2) is 0 Å². The van der Waals surface area contributed by atoms with Gasteiger partial charge in [-0.2, -0.15) is 0 Å². The van der Waals surface area contributed by atoms with Gasteiger partial charge in [-0.15, -0.1) is 0 Å². The fourth-order valence-electron chi connectivity index (χ4n) is 6.83. The summed E-state index contributed by atoms with van der Waals surface area (Å²) in [6.07, 6.45) is 12.7. The Kier molecular flexibility index (Phi) is 9.00. The lowest BCUT2D eigenvalue weighted by Crippen LogP contribution is -2.12. The standard InChI is InChI=1S/C36H42Br2/c1-5-9-13-23(7-3)21-29-26-16-12-18-28-33(26)35(36(38)30(29)22-24(8-4)14-10-6-2)27-17-11-15-25-19-20-31(37)34(28)32(25)27/h11-12,15-20,23-24H,5-10,13-14,21-22H2,1-4H3. The Morgan fingerprint density at radius 1 is 0.579 bits per heavy atom. The predicted octanol–water partition coefficient (Wildman–Crippen LogP) is 12.8. The van der Waals surface area contributed by atoms with E-state index in [1.54, 1.807) is 11.1 Å². The number of hydrogen-bond acceptors (Lipinski definition) is 0. The molecule has 0 nitrogen and oxygen atoms in total. The quantitative estimate of drug-likeness (QED) is 0.0946. The van der Waals surface area contributed by atoms with E-state index in [0.717, 1.165) is 11.8 Å². The fourth-order valence-corrected chi connectivity index (χ4v) is 8.18. The summed E-state index contributed by atoms with van der Waals surface area (Å²) in [4.78, 5) is 0. The maximum atomic E-state index is 4.30. The summed E-state index contributed by atoms with van der Waals surface area (Å²) >= 11 is 8.24. The molecule has 0 amide bonds. The summed E-state index contributed by atoms with van der Waals surface area (Å²) in [7, 11) is 0. The van der Waals surface area contributed by atoms with Gasteiger partial charge in [0.05, 0.1) is 0 Å². The molecule has 0 aliphatic carbocycles. The van der Waals surface area contributed by atoms with Gasteiger partial charge in [-0.05, 0) is 90.1 Å². The van der Waals surface area contributed by atoms with Gasteiger partial charge >= 0.3 is 0 Å². The van der Waals surface area contributed by atoms with Crippen molar-refractivity contribution in [2.45, 2.75) is 91.9 Å². The van der Waals surface area contributed by atoms with Crippen LogP contribution >= 0.6 is 31.9 Å². The smallest absolute Gasteiger partial charge is 0.0295 e. The molecule has 0 aliphatic heterocycles. The molecule has 5 aromatic rings. The van der Waals surface area contributed by atoms with Gasteiger partial charge in [0.1, 0.15) is 0 Å². The summed E-state index contributed by atoms with van der Waals surface area (Å²) < 4.78 is 2.54. The Morgan fingerprint density at radius 2 is 1.16 bits per heavy atom. The minimum Gasteiger partial charge on any atom is -0.0654 e. The molecule has 200 valence electrons. The normalized spacial score (nSPS) is 13.8. The van der Waals surface area contributed by atoms with E-state index in [9.17, 15) is 0 Å². The molecule has 0 fully saturated rings. The van der Waals surface area contributed by atoms with Gasteiger partial charge in [0, 0.05) is 19.7 Å². The molecule has 0 saturated carbocycles. The zero-order valence-electron chi connectivity index (χ0n) is 23.6. The Morgan fingerprint density at radius 3 is 1.79 bits per heavy atom. The van der Waals surface area contributed by atoms with Crippen LogP contribution in [0.1, 0.15) is 90.2 Å². The highest BCUT2D eigenvalue weighted by Gasteiger charge is 2.24. The number of benzene rings is 5. The number of fused-ring (bicyclic) bond motifs is 2. The fraction of sp³-hybridized carbons (Fsp3) is 0.444. The first kappa shape index (κ1) is 27.9. The zero-order chi connectivity index (χ0) is 26.8. The summed E-state index contributed by atoms with van der Waals surface area (Å²) in [6, 6.07) is 18.4. The van der Waals surface area contributed by atoms with E-state index in [-0.39, 0.29) is 0 Å². The highest BCUT2D eigenvalue weighted by Crippen LogP contribution is 2.48. The SMILES string of the molecule is CCCCC(CC)Cc1c(CC(CC)CCCC)c2cccc3c4c(Br)ccc5cccc(c(c1Br)c23)c54. The van der Waals surface area contributed by atoms with Gasteiger partial charge in [0.2, 0.25) is 0 Å². The van der Waals surface area contributed by atoms with E-state index in [4.69, 9.17) is 0 Å². The maximum absolute atomic E-state index is 4.30. The molecule has 0 aliphatic rings. The molecule has 5 rings (SSSR count). The van der Waals surface area contributed by atoms with Gasteiger partial charge in [-0.1, -0.05) is 137 Å². The third-order valence-electron chi connectivity index (χ3n) is 9.09. The van der Waals surface area contributed by atoms with Gasteiger partial charge in [0.15, 0.2) is 0 Å². The highest BCUT2D eigenvalue weighted by molar-refractivity contribution is 9.11. The lowest BCUT2D eigenvalue weighted by Gasteiger charge is -2.26. The molecule has 0 heterocycles. The predicted molar refractivity (Wildman–Crippen MR) is 177 cm³/mol. The number of rotatable bonds is 12. The van der Waals surface area contributed by atoms with E-state index in [1.807, 2.05) is 0 Å². The highest BCUT2D eigenvalue weighted by atomic mass is 79.9. The van der Waals surface area contributed by atoms with Crippen LogP contribution in [0.2, 0.25) is 0 Å². The summed E-state index contributed by atoms with van der Waals surface area (Å²) in [5.74, 6) is 1.47. The van der Waals surface area contributed by atoms with E-state index in [2.05, 4.69) is 108 Å². The summed E-state index contributed by atoms with van der Waals surface area (Å²) in [5.41, 5.74) is 3.19. The van der Waals surface area contributed by atoms with Crippen LogP contribution in [0.5, 0.6) is 0 Å². The van der Waals surface area contributed by atoms with Crippen molar-refractivity contribution in [3.05, 3.63) is 68.6 Å². The van der Waals surface area contributed by atoms with Crippen LogP contribution < -0.4 is 0 Å². The van der Waals surface area contributed by atoms with E-state index in [1.165, 1.54) is 116 Å². The number of halogens is 2. The van der Waals surface area contributed by atoms with Crippen LogP contribution in [0.25, 0.3) is 43.1 Å². The van der Waals surface area contributed by atoms with Crippen molar-refractivity contribution < 1.29 is 0 Å². The Bertz CT molecular complexity index is 1550. The molecule has 0 aromatic heterocycles. The lowest BCUT2D eigenvalue weighted by molar-refractivity contribution is 0.435. The van der Waals surface area contributed by atoms with Crippen LogP contribution in [-0.2, 0) is 12.8 Å². The van der Waals surface area contributed by atoms with Gasteiger partial charge in [-0.3, -0.25) is 0 Å². The second-order valence-electron chi connectivity index (χ2n) is 11.4. The topological polar surface area (TPSA) is 0 Å². The van der Waals surface area contributed by atoms with Crippen molar-refractivity contribution in [1.82, 2.24) is 0 Å². The van der Waals surface area contributed by atoms with E-state index in [0.29, 0.717) is 0 Å². The van der Waals surface area contributed by atoms with E-state index < -0.39 is 0 Å². The lowest BCUT2D eigenvalue weighted by atomic mass is 9.80. The Hall–Kier alpha value is -1.64. The zero-order valence-corrected chi connectivity index (χ0v) is 26.8. The van der Waals surface area contributed by atoms with Crippen molar-refractivity contribution in [2.24, 2.45) is 11.8 Å². The summed E-state index contributed by atoms with van der Waals surface area (Å²) in [5, 5.41) is 11.1. The maximum Gasteiger partial charge on any atom is 0.0295 e. The van der Waals surface area contributed by atoms with Crippen molar-refractivity contribution >= 4 is 74.9 Å². The van der Waals surface area contributed by atoms with Crippen LogP contribution in [0.3, 0.4) is 0 Å². The molecule has 0 saturated heterocycles. The first-order valence-corrected chi connectivity index (χ1v) is 16.6. The summed E-state index contributed by atoms with van der Waals surface area (Å²) in [6.45, 7) is 9.43. The first-order chi connectivity index (χ1) is 18.5. The average Bonchev–Trinajstić information content (AvgIpc) is 2.94. The molecule has 0 N–H and O–H groups in total.